The van der Waals surface area contributed by atoms with Gasteiger partial charge in [-0.1, -0.05) is 24.9 Å². The monoisotopic (exact) mass is 421 g/mol. The van der Waals surface area contributed by atoms with E-state index in [0.29, 0.717) is 30.6 Å². The summed E-state index contributed by atoms with van der Waals surface area (Å²) in [4.78, 5) is 29.7. The van der Waals surface area contributed by atoms with E-state index >= 15 is 0 Å². The molecule has 0 aliphatic carbocycles. The average molecular weight is 422 g/mol. The molecule has 1 spiro atoms. The molecule has 29 heavy (non-hydrogen) atoms. The first-order valence-corrected chi connectivity index (χ1v) is 11.0. The topological polar surface area (TPSA) is 52.7 Å². The first-order valence-electron chi connectivity index (χ1n) is 10.6. The minimum atomic E-state index is -0.579. The standard InChI is InChI=1S/C22H29ClFN3O2/c1-3-4-14(2)27-12-16-17(13-27)22(25-20(16)28)7-9-26(10-8-22)21(29)15-5-6-18(23)19(24)11-15/h5-6,11,14,16-17H,3-4,7-10,12-13H2,1-2H3,(H,25,28)/t14-,16-,17+/m1/s1. The second-order valence-corrected chi connectivity index (χ2v) is 9.28. The molecule has 7 heteroatoms. The molecule has 5 nitrogen and oxygen atoms in total. The molecule has 0 radical (unpaired) electrons. The number of likely N-dealkylation sites (tertiary alicyclic amines) is 2. The molecule has 2 amide bonds. The van der Waals surface area contributed by atoms with Crippen LogP contribution in [-0.4, -0.2) is 59.4 Å². The van der Waals surface area contributed by atoms with Gasteiger partial charge < -0.3 is 10.2 Å². The molecular weight excluding hydrogens is 393 g/mol. The van der Waals surface area contributed by atoms with Crippen LogP contribution in [0.15, 0.2) is 18.2 Å². The van der Waals surface area contributed by atoms with Gasteiger partial charge >= 0.3 is 0 Å². The van der Waals surface area contributed by atoms with Crippen molar-refractivity contribution in [2.24, 2.45) is 11.8 Å². The predicted molar refractivity (Wildman–Crippen MR) is 110 cm³/mol. The third-order valence-corrected chi connectivity index (χ3v) is 7.51. The molecule has 158 valence electrons. The van der Waals surface area contributed by atoms with E-state index in [2.05, 4.69) is 24.1 Å². The smallest absolute Gasteiger partial charge is 0.253 e. The van der Waals surface area contributed by atoms with Crippen LogP contribution in [0.2, 0.25) is 5.02 Å². The highest BCUT2D eigenvalue weighted by Gasteiger charge is 2.57. The Balaban J connectivity index is 1.43. The van der Waals surface area contributed by atoms with E-state index < -0.39 is 5.82 Å². The Kier molecular flexibility index (Phi) is 5.60. The maximum atomic E-state index is 13.7. The highest BCUT2D eigenvalue weighted by molar-refractivity contribution is 6.30. The van der Waals surface area contributed by atoms with Crippen molar-refractivity contribution in [2.75, 3.05) is 26.2 Å². The number of amides is 2. The van der Waals surface area contributed by atoms with Crippen molar-refractivity contribution in [3.8, 4) is 0 Å². The zero-order valence-corrected chi connectivity index (χ0v) is 17.8. The number of carbonyl (C=O) groups excluding carboxylic acids is 2. The minimum Gasteiger partial charge on any atom is -0.350 e. The summed E-state index contributed by atoms with van der Waals surface area (Å²) in [5, 5.41) is 3.31. The van der Waals surface area contributed by atoms with Gasteiger partial charge in [0.05, 0.1) is 10.9 Å². The maximum absolute atomic E-state index is 13.7. The van der Waals surface area contributed by atoms with E-state index in [-0.39, 0.29) is 28.3 Å². The van der Waals surface area contributed by atoms with Gasteiger partial charge in [0.25, 0.3) is 5.91 Å². The number of hydrogen-bond donors (Lipinski definition) is 1. The van der Waals surface area contributed by atoms with Gasteiger partial charge in [-0.3, -0.25) is 14.5 Å². The quantitative estimate of drug-likeness (QED) is 0.811. The Morgan fingerprint density at radius 1 is 1.34 bits per heavy atom. The van der Waals surface area contributed by atoms with Crippen molar-refractivity contribution >= 4 is 23.4 Å². The molecule has 3 heterocycles. The lowest BCUT2D eigenvalue weighted by Crippen LogP contribution is -2.56. The summed E-state index contributed by atoms with van der Waals surface area (Å²) in [6.45, 7) is 7.36. The average Bonchev–Trinajstić information content (AvgIpc) is 3.25. The molecule has 1 N–H and O–H groups in total. The zero-order chi connectivity index (χ0) is 20.8. The fourth-order valence-corrected chi connectivity index (χ4v) is 5.58. The van der Waals surface area contributed by atoms with E-state index in [0.717, 1.165) is 38.8 Å². The van der Waals surface area contributed by atoms with Crippen LogP contribution in [0.3, 0.4) is 0 Å². The van der Waals surface area contributed by atoms with Gasteiger partial charge in [0, 0.05) is 49.2 Å². The van der Waals surface area contributed by atoms with Crippen LogP contribution in [0.25, 0.3) is 0 Å². The number of nitrogens with zero attached hydrogens (tertiary/aromatic N) is 2. The molecule has 3 saturated heterocycles. The molecule has 3 fully saturated rings. The summed E-state index contributed by atoms with van der Waals surface area (Å²) < 4.78 is 13.7. The summed E-state index contributed by atoms with van der Waals surface area (Å²) in [5.74, 6) is -0.229. The molecule has 0 saturated carbocycles. The van der Waals surface area contributed by atoms with Crippen LogP contribution in [0.4, 0.5) is 4.39 Å². The fourth-order valence-electron chi connectivity index (χ4n) is 5.47. The molecule has 4 rings (SSSR count). The summed E-state index contributed by atoms with van der Waals surface area (Å²) in [6.07, 6.45) is 3.79. The number of hydrogen-bond acceptors (Lipinski definition) is 3. The highest BCUT2D eigenvalue weighted by atomic mass is 35.5. The van der Waals surface area contributed by atoms with Gasteiger partial charge in [-0.25, -0.2) is 4.39 Å². The minimum absolute atomic E-state index is 0.0157. The van der Waals surface area contributed by atoms with E-state index in [9.17, 15) is 14.0 Å². The van der Waals surface area contributed by atoms with Gasteiger partial charge in [-0.2, -0.15) is 0 Å². The van der Waals surface area contributed by atoms with Crippen molar-refractivity contribution in [1.29, 1.82) is 0 Å². The van der Waals surface area contributed by atoms with Gasteiger partial charge in [0.15, 0.2) is 0 Å². The molecule has 3 atom stereocenters. The number of carbonyl (C=O) groups is 2. The molecule has 3 aliphatic heterocycles. The third kappa shape index (κ3) is 3.66. The summed E-state index contributed by atoms with van der Waals surface area (Å²) in [7, 11) is 0. The number of fused-ring (bicyclic) bond motifs is 2. The molecular formula is C22H29ClFN3O2. The number of rotatable bonds is 4. The maximum Gasteiger partial charge on any atom is 0.253 e. The summed E-state index contributed by atoms with van der Waals surface area (Å²) in [6, 6.07) is 4.68. The van der Waals surface area contributed by atoms with Crippen molar-refractivity contribution in [3.05, 3.63) is 34.6 Å². The first-order chi connectivity index (χ1) is 13.8. The fraction of sp³-hybridized carbons (Fsp3) is 0.636. The largest absolute Gasteiger partial charge is 0.350 e. The van der Waals surface area contributed by atoms with Gasteiger partial charge in [0.2, 0.25) is 5.91 Å². The molecule has 0 aromatic heterocycles. The highest BCUT2D eigenvalue weighted by Crippen LogP contribution is 2.44. The second-order valence-electron chi connectivity index (χ2n) is 8.87. The second kappa shape index (κ2) is 7.88. The van der Waals surface area contributed by atoms with Crippen LogP contribution in [0.1, 0.15) is 49.9 Å². The summed E-state index contributed by atoms with van der Waals surface area (Å²) >= 11 is 5.73. The van der Waals surface area contributed by atoms with Crippen molar-refractivity contribution in [3.63, 3.8) is 0 Å². The Hall–Kier alpha value is -1.66. The van der Waals surface area contributed by atoms with Crippen molar-refractivity contribution in [2.45, 2.75) is 51.1 Å². The SMILES string of the molecule is CCC[C@@H](C)N1C[C@H]2C(=O)NC3(CCN(C(=O)c4ccc(Cl)c(F)c4)CC3)[C@H]2C1. The van der Waals surface area contributed by atoms with Crippen LogP contribution < -0.4 is 5.32 Å². The van der Waals surface area contributed by atoms with Crippen LogP contribution in [0.5, 0.6) is 0 Å². The Morgan fingerprint density at radius 2 is 2.07 bits per heavy atom. The van der Waals surface area contributed by atoms with Gasteiger partial charge in [-0.15, -0.1) is 0 Å². The molecule has 1 aromatic carbocycles. The Morgan fingerprint density at radius 3 is 2.72 bits per heavy atom. The summed E-state index contributed by atoms with van der Waals surface area (Å²) in [5.41, 5.74) is 0.0985. The Bertz CT molecular complexity index is 809. The molecule has 3 aliphatic rings. The normalized spacial score (nSPS) is 27.2. The lowest BCUT2D eigenvalue weighted by atomic mass is 9.75. The third-order valence-electron chi connectivity index (χ3n) is 7.21. The van der Waals surface area contributed by atoms with Gasteiger partial charge in [-0.05, 0) is 44.4 Å². The van der Waals surface area contributed by atoms with E-state index in [1.165, 1.54) is 12.1 Å². The lowest BCUT2D eigenvalue weighted by molar-refractivity contribution is -0.123. The molecule has 1 aromatic rings. The van der Waals surface area contributed by atoms with Gasteiger partial charge in [0.1, 0.15) is 5.82 Å². The molecule has 0 unspecified atom stereocenters. The first kappa shape index (κ1) is 20.6. The molecule has 0 bridgehead atoms. The van der Waals surface area contributed by atoms with E-state index in [1.807, 2.05) is 0 Å². The predicted octanol–water partition coefficient (Wildman–Crippen LogP) is 3.32. The number of piperidine rings is 1. The number of benzene rings is 1. The van der Waals surface area contributed by atoms with Crippen molar-refractivity contribution < 1.29 is 14.0 Å². The number of nitrogens with one attached hydrogen (secondary N) is 1. The lowest BCUT2D eigenvalue weighted by Gasteiger charge is -2.43. The van der Waals surface area contributed by atoms with Crippen LogP contribution >= 0.6 is 11.6 Å². The van der Waals surface area contributed by atoms with E-state index in [1.54, 1.807) is 11.0 Å². The zero-order valence-electron chi connectivity index (χ0n) is 17.1. The van der Waals surface area contributed by atoms with Crippen LogP contribution in [0, 0.1) is 17.7 Å². The van der Waals surface area contributed by atoms with E-state index in [4.69, 9.17) is 11.6 Å². The Labute approximate surface area is 176 Å². The van der Waals surface area contributed by atoms with Crippen LogP contribution in [-0.2, 0) is 4.79 Å². The number of halogens is 2. The van der Waals surface area contributed by atoms with Crippen molar-refractivity contribution in [1.82, 2.24) is 15.1 Å².